The van der Waals surface area contributed by atoms with E-state index in [0.717, 1.165) is 11.8 Å². The average Bonchev–Trinajstić information content (AvgIpc) is 2.84. The van der Waals surface area contributed by atoms with Gasteiger partial charge in [-0.15, -0.1) is 0 Å². The molecule has 1 aromatic heterocycles. The highest BCUT2D eigenvalue weighted by Crippen LogP contribution is 2.36. The fraction of sp³-hybridized carbons (Fsp3) is 0.0833. The number of ether oxygens (including phenoxy) is 2. The maximum absolute atomic E-state index is 11.0. The molecule has 0 aliphatic heterocycles. The number of hydrogen-bond donors (Lipinski definition) is 1. The van der Waals surface area contributed by atoms with Crippen molar-refractivity contribution in [3.63, 3.8) is 0 Å². The number of carbonyl (C=O) groups excluding carboxylic acids is 1. The summed E-state index contributed by atoms with van der Waals surface area (Å²) in [5.41, 5.74) is 2.45. The predicted octanol–water partition coefficient (Wildman–Crippen LogP) is 4.41. The molecule has 0 atom stereocenters. The molecule has 154 valence electrons. The van der Waals surface area contributed by atoms with Gasteiger partial charge in [0.1, 0.15) is 12.0 Å². The van der Waals surface area contributed by atoms with Crippen molar-refractivity contribution in [2.24, 2.45) is 0 Å². The van der Waals surface area contributed by atoms with Crippen molar-refractivity contribution in [1.29, 1.82) is 0 Å². The maximum atomic E-state index is 11.0. The zero-order chi connectivity index (χ0) is 21.8. The van der Waals surface area contributed by atoms with E-state index in [2.05, 4.69) is 15.0 Å². The standard InChI is InChI=1S/C24H19N3O4/c1-30-18-12-10-17(11-13-18)23-25-22(16-8-6-15(14-28)7-9-16)26-24(27-23)19-4-3-5-20(31-2)21(19)29/h3-14,29H,1-2H3. The number of nitrogens with zero attached hydrogens (tertiary/aromatic N) is 3. The second kappa shape index (κ2) is 8.62. The summed E-state index contributed by atoms with van der Waals surface area (Å²) in [6.07, 6.45) is 0.777. The second-order valence-corrected chi connectivity index (χ2v) is 6.63. The van der Waals surface area contributed by atoms with Crippen molar-refractivity contribution in [3.05, 3.63) is 72.3 Å². The van der Waals surface area contributed by atoms with Gasteiger partial charge in [0.05, 0.1) is 19.8 Å². The van der Waals surface area contributed by atoms with Crippen LogP contribution < -0.4 is 9.47 Å². The zero-order valence-corrected chi connectivity index (χ0v) is 16.9. The Balaban J connectivity index is 1.90. The summed E-state index contributed by atoms with van der Waals surface area (Å²) in [6.45, 7) is 0. The lowest BCUT2D eigenvalue weighted by molar-refractivity contribution is 0.112. The van der Waals surface area contributed by atoms with Gasteiger partial charge < -0.3 is 14.6 Å². The molecule has 0 spiro atoms. The Labute approximate surface area is 179 Å². The van der Waals surface area contributed by atoms with Crippen LogP contribution in [0.4, 0.5) is 0 Å². The van der Waals surface area contributed by atoms with Crippen LogP contribution in [0.25, 0.3) is 34.2 Å². The third-order valence-corrected chi connectivity index (χ3v) is 4.75. The van der Waals surface area contributed by atoms with Crippen LogP contribution >= 0.6 is 0 Å². The number of carbonyl (C=O) groups is 1. The molecule has 31 heavy (non-hydrogen) atoms. The number of para-hydroxylation sites is 1. The molecule has 0 unspecified atom stereocenters. The Morgan fingerprint density at radius 3 is 1.87 bits per heavy atom. The summed E-state index contributed by atoms with van der Waals surface area (Å²) < 4.78 is 10.4. The minimum absolute atomic E-state index is 0.0564. The second-order valence-electron chi connectivity index (χ2n) is 6.63. The van der Waals surface area contributed by atoms with Crippen LogP contribution in [-0.2, 0) is 0 Å². The fourth-order valence-electron chi connectivity index (χ4n) is 3.07. The summed E-state index contributed by atoms with van der Waals surface area (Å²) in [4.78, 5) is 24.8. The number of benzene rings is 3. The largest absolute Gasteiger partial charge is 0.504 e. The predicted molar refractivity (Wildman–Crippen MR) is 116 cm³/mol. The van der Waals surface area contributed by atoms with Crippen molar-refractivity contribution in [2.75, 3.05) is 14.2 Å². The van der Waals surface area contributed by atoms with Crippen LogP contribution in [-0.4, -0.2) is 40.6 Å². The van der Waals surface area contributed by atoms with Crippen molar-refractivity contribution in [3.8, 4) is 51.4 Å². The lowest BCUT2D eigenvalue weighted by atomic mass is 10.1. The summed E-state index contributed by atoms with van der Waals surface area (Å²) >= 11 is 0. The number of aromatic hydroxyl groups is 1. The quantitative estimate of drug-likeness (QED) is 0.468. The van der Waals surface area contributed by atoms with E-state index in [1.807, 2.05) is 24.3 Å². The number of aldehydes is 1. The number of aromatic nitrogens is 3. The van der Waals surface area contributed by atoms with E-state index >= 15 is 0 Å². The Kier molecular flexibility index (Phi) is 5.57. The first-order chi connectivity index (χ1) is 15.1. The molecular weight excluding hydrogens is 394 g/mol. The molecule has 1 N–H and O–H groups in total. The van der Waals surface area contributed by atoms with Crippen LogP contribution in [0.15, 0.2) is 66.7 Å². The zero-order valence-electron chi connectivity index (χ0n) is 16.9. The summed E-state index contributed by atoms with van der Waals surface area (Å²) in [7, 11) is 3.08. The Morgan fingerprint density at radius 1 is 0.742 bits per heavy atom. The summed E-state index contributed by atoms with van der Waals surface area (Å²) in [6, 6.07) is 19.4. The molecule has 7 nitrogen and oxygen atoms in total. The Bertz CT molecular complexity index is 1220. The van der Waals surface area contributed by atoms with E-state index in [1.54, 1.807) is 49.6 Å². The molecule has 0 saturated heterocycles. The molecule has 1 heterocycles. The lowest BCUT2D eigenvalue weighted by Crippen LogP contribution is -2.01. The number of phenols is 1. The number of methoxy groups -OCH3 is 2. The van der Waals surface area contributed by atoms with Gasteiger partial charge in [-0.2, -0.15) is 0 Å². The van der Waals surface area contributed by atoms with Gasteiger partial charge in [0.25, 0.3) is 0 Å². The molecule has 0 aliphatic rings. The molecule has 0 amide bonds. The topological polar surface area (TPSA) is 94.4 Å². The van der Waals surface area contributed by atoms with Gasteiger partial charge in [-0.25, -0.2) is 15.0 Å². The first kappa shape index (κ1) is 20.0. The van der Waals surface area contributed by atoms with Crippen molar-refractivity contribution in [1.82, 2.24) is 15.0 Å². The molecule has 0 fully saturated rings. The summed E-state index contributed by atoms with van der Waals surface area (Å²) in [5, 5.41) is 10.6. The molecule has 4 aromatic rings. The SMILES string of the molecule is COc1ccc(-c2nc(-c3ccc(C=O)cc3)nc(-c3cccc(OC)c3O)n2)cc1. The van der Waals surface area contributed by atoms with Gasteiger partial charge in [0.15, 0.2) is 29.0 Å². The van der Waals surface area contributed by atoms with E-state index in [0.29, 0.717) is 45.7 Å². The van der Waals surface area contributed by atoms with Crippen molar-refractivity contribution < 1.29 is 19.4 Å². The van der Waals surface area contributed by atoms with Crippen LogP contribution in [0.2, 0.25) is 0 Å². The van der Waals surface area contributed by atoms with Gasteiger partial charge in [0.2, 0.25) is 0 Å². The Hall–Kier alpha value is -4.26. The van der Waals surface area contributed by atoms with Gasteiger partial charge in [-0.05, 0) is 36.4 Å². The van der Waals surface area contributed by atoms with Crippen LogP contribution in [0.3, 0.4) is 0 Å². The monoisotopic (exact) mass is 413 g/mol. The van der Waals surface area contributed by atoms with Gasteiger partial charge in [-0.1, -0.05) is 30.3 Å². The van der Waals surface area contributed by atoms with Gasteiger partial charge >= 0.3 is 0 Å². The van der Waals surface area contributed by atoms with E-state index in [1.165, 1.54) is 7.11 Å². The van der Waals surface area contributed by atoms with E-state index in [9.17, 15) is 9.90 Å². The highest BCUT2D eigenvalue weighted by Gasteiger charge is 2.16. The maximum Gasteiger partial charge on any atom is 0.168 e. The molecule has 0 radical (unpaired) electrons. The highest BCUT2D eigenvalue weighted by molar-refractivity contribution is 5.77. The first-order valence-electron chi connectivity index (χ1n) is 9.45. The lowest BCUT2D eigenvalue weighted by Gasteiger charge is -2.11. The summed E-state index contributed by atoms with van der Waals surface area (Å²) in [5.74, 6) is 2.12. The molecule has 0 saturated carbocycles. The molecule has 3 aromatic carbocycles. The van der Waals surface area contributed by atoms with E-state index in [-0.39, 0.29) is 5.75 Å². The third-order valence-electron chi connectivity index (χ3n) is 4.75. The van der Waals surface area contributed by atoms with E-state index < -0.39 is 0 Å². The van der Waals surface area contributed by atoms with Crippen LogP contribution in [0, 0.1) is 0 Å². The molecule has 4 rings (SSSR count). The Morgan fingerprint density at radius 2 is 1.32 bits per heavy atom. The number of phenolic OH excluding ortho intramolecular Hbond substituents is 1. The fourth-order valence-corrected chi connectivity index (χ4v) is 3.07. The van der Waals surface area contributed by atoms with Crippen molar-refractivity contribution in [2.45, 2.75) is 0 Å². The number of hydrogen-bond acceptors (Lipinski definition) is 7. The first-order valence-corrected chi connectivity index (χ1v) is 9.45. The smallest absolute Gasteiger partial charge is 0.168 e. The highest BCUT2D eigenvalue weighted by atomic mass is 16.5. The van der Waals surface area contributed by atoms with Crippen molar-refractivity contribution >= 4 is 6.29 Å². The molecule has 0 aliphatic carbocycles. The minimum atomic E-state index is -0.0564. The van der Waals surface area contributed by atoms with Crippen LogP contribution in [0.5, 0.6) is 17.2 Å². The molecular formula is C24H19N3O4. The van der Waals surface area contributed by atoms with Gasteiger partial charge in [0, 0.05) is 16.7 Å². The number of rotatable bonds is 6. The van der Waals surface area contributed by atoms with Gasteiger partial charge in [-0.3, -0.25) is 4.79 Å². The molecule has 0 bridgehead atoms. The molecule has 7 heteroatoms. The normalized spacial score (nSPS) is 10.5. The van der Waals surface area contributed by atoms with E-state index in [4.69, 9.17) is 9.47 Å². The minimum Gasteiger partial charge on any atom is -0.504 e. The van der Waals surface area contributed by atoms with Crippen LogP contribution in [0.1, 0.15) is 10.4 Å². The average molecular weight is 413 g/mol. The third kappa shape index (κ3) is 4.06.